The van der Waals surface area contributed by atoms with Crippen molar-refractivity contribution in [2.45, 2.75) is 35.7 Å². The summed E-state index contributed by atoms with van der Waals surface area (Å²) in [5, 5.41) is 12.0. The van der Waals surface area contributed by atoms with Gasteiger partial charge in [-0.2, -0.15) is 11.8 Å². The van der Waals surface area contributed by atoms with Gasteiger partial charge in [-0.05, 0) is 49.3 Å². The molecule has 1 aliphatic carbocycles. The Bertz CT molecular complexity index is 751. The van der Waals surface area contributed by atoms with Crippen molar-refractivity contribution in [1.82, 2.24) is 10.0 Å². The maximum absolute atomic E-state index is 12.3. The van der Waals surface area contributed by atoms with Crippen LogP contribution in [0.5, 0.6) is 0 Å². The van der Waals surface area contributed by atoms with Crippen LogP contribution < -0.4 is 10.0 Å². The second kappa shape index (κ2) is 6.38. The topological polar surface area (TPSA) is 113 Å². The second-order valence-corrected chi connectivity index (χ2v) is 8.88. The van der Waals surface area contributed by atoms with E-state index < -0.39 is 27.4 Å². The van der Waals surface area contributed by atoms with Gasteiger partial charge in [-0.1, -0.05) is 0 Å². The fraction of sp³-hybridized carbons (Fsp3) is 0.467. The summed E-state index contributed by atoms with van der Waals surface area (Å²) in [5.41, 5.74) is -1.02. The van der Waals surface area contributed by atoms with Crippen molar-refractivity contribution in [3.63, 3.8) is 0 Å². The first-order chi connectivity index (χ1) is 11.3. The lowest BCUT2D eigenvalue weighted by Crippen LogP contribution is -2.54. The molecule has 1 atom stereocenters. The largest absolute Gasteiger partial charge is 0.479 e. The zero-order chi connectivity index (χ0) is 17.4. The van der Waals surface area contributed by atoms with Crippen LogP contribution in [0.2, 0.25) is 0 Å². The monoisotopic (exact) mass is 370 g/mol. The van der Waals surface area contributed by atoms with Crippen molar-refractivity contribution in [1.29, 1.82) is 0 Å². The SMILES string of the molecule is O=C(NC1(C(=O)O)CCSC1)c1ccc(S(=O)(=O)NC2CC2)cc1. The number of carbonyl (C=O) groups is 2. The number of hydrogen-bond donors (Lipinski definition) is 3. The molecule has 1 unspecified atom stereocenters. The number of rotatable bonds is 6. The molecule has 3 rings (SSSR count). The van der Waals surface area contributed by atoms with Crippen molar-refractivity contribution in [3.8, 4) is 0 Å². The Morgan fingerprint density at radius 1 is 1.21 bits per heavy atom. The molecule has 3 N–H and O–H groups in total. The maximum Gasteiger partial charge on any atom is 0.330 e. The molecule has 9 heteroatoms. The summed E-state index contributed by atoms with van der Waals surface area (Å²) >= 11 is 1.48. The van der Waals surface area contributed by atoms with Crippen molar-refractivity contribution < 1.29 is 23.1 Å². The van der Waals surface area contributed by atoms with E-state index >= 15 is 0 Å². The van der Waals surface area contributed by atoms with Gasteiger partial charge in [0.25, 0.3) is 5.91 Å². The minimum absolute atomic E-state index is 0.00765. The summed E-state index contributed by atoms with van der Waals surface area (Å²) in [6.07, 6.45) is 2.06. The number of nitrogens with one attached hydrogen (secondary N) is 2. The van der Waals surface area contributed by atoms with E-state index in [2.05, 4.69) is 10.0 Å². The van der Waals surface area contributed by atoms with Crippen LogP contribution in [0, 0.1) is 0 Å². The second-order valence-electron chi connectivity index (χ2n) is 6.06. The molecule has 0 aromatic heterocycles. The number of carboxylic acid groups (broad SMARTS) is 1. The molecule has 0 radical (unpaired) electrons. The molecule has 2 aliphatic rings. The molecule has 1 aromatic rings. The van der Waals surface area contributed by atoms with E-state index in [-0.39, 0.29) is 16.5 Å². The van der Waals surface area contributed by atoms with E-state index in [9.17, 15) is 23.1 Å². The van der Waals surface area contributed by atoms with Crippen LogP contribution in [0.3, 0.4) is 0 Å². The Kier molecular flexibility index (Phi) is 4.58. The molecule has 130 valence electrons. The lowest BCUT2D eigenvalue weighted by Gasteiger charge is -2.24. The molecule has 0 spiro atoms. The molecule has 1 heterocycles. The van der Waals surface area contributed by atoms with Crippen LogP contribution in [0.15, 0.2) is 29.2 Å². The predicted octanol–water partition coefficient (Wildman–Crippen LogP) is 0.817. The van der Waals surface area contributed by atoms with E-state index in [1.807, 2.05) is 0 Å². The van der Waals surface area contributed by atoms with Gasteiger partial charge in [-0.15, -0.1) is 0 Å². The van der Waals surface area contributed by atoms with Crippen LogP contribution in [0.1, 0.15) is 29.6 Å². The van der Waals surface area contributed by atoms with Crippen LogP contribution in [0.25, 0.3) is 0 Å². The molecule has 24 heavy (non-hydrogen) atoms. The zero-order valence-corrected chi connectivity index (χ0v) is 14.5. The highest BCUT2D eigenvalue weighted by atomic mass is 32.2. The van der Waals surface area contributed by atoms with Crippen molar-refractivity contribution >= 4 is 33.7 Å². The molecule has 1 saturated carbocycles. The lowest BCUT2D eigenvalue weighted by molar-refractivity contribution is -0.143. The first-order valence-electron chi connectivity index (χ1n) is 7.58. The average molecular weight is 370 g/mol. The first-order valence-corrected chi connectivity index (χ1v) is 10.2. The Balaban J connectivity index is 1.73. The van der Waals surface area contributed by atoms with Crippen LogP contribution in [-0.2, 0) is 14.8 Å². The van der Waals surface area contributed by atoms with Gasteiger partial charge in [-0.3, -0.25) is 4.79 Å². The predicted molar refractivity (Wildman–Crippen MR) is 89.6 cm³/mol. The van der Waals surface area contributed by atoms with E-state index in [0.717, 1.165) is 12.8 Å². The number of carbonyl (C=O) groups excluding carboxylic acids is 1. The summed E-state index contributed by atoms with van der Waals surface area (Å²) in [5.74, 6) is -0.560. The summed E-state index contributed by atoms with van der Waals surface area (Å²) < 4.78 is 26.7. The van der Waals surface area contributed by atoms with Gasteiger partial charge in [0.15, 0.2) is 0 Å². The minimum Gasteiger partial charge on any atom is -0.479 e. The number of carboxylic acids is 1. The fourth-order valence-corrected chi connectivity index (χ4v) is 5.08. The molecule has 1 aromatic carbocycles. The summed E-state index contributed by atoms with van der Waals surface area (Å²) in [4.78, 5) is 23.9. The molecular formula is C15H18N2O5S2. The Hall–Kier alpha value is -1.58. The van der Waals surface area contributed by atoms with Crippen LogP contribution in [-0.4, -0.2) is 48.5 Å². The maximum atomic E-state index is 12.3. The van der Waals surface area contributed by atoms with Gasteiger partial charge >= 0.3 is 5.97 Å². The average Bonchev–Trinajstić information content (AvgIpc) is 3.21. The molecule has 1 aliphatic heterocycles. The molecule has 7 nitrogen and oxygen atoms in total. The third-order valence-corrected chi connectivity index (χ3v) is 6.84. The molecular weight excluding hydrogens is 352 g/mol. The van der Waals surface area contributed by atoms with E-state index in [1.165, 1.54) is 36.0 Å². The van der Waals surface area contributed by atoms with Gasteiger partial charge in [0.2, 0.25) is 10.0 Å². The molecule has 1 amide bonds. The lowest BCUT2D eigenvalue weighted by atomic mass is 9.98. The summed E-state index contributed by atoms with van der Waals surface area (Å²) in [6, 6.07) is 5.52. The highest BCUT2D eigenvalue weighted by molar-refractivity contribution is 7.99. The number of amides is 1. The van der Waals surface area contributed by atoms with Crippen molar-refractivity contribution in [2.24, 2.45) is 0 Å². The third-order valence-electron chi connectivity index (χ3n) is 4.11. The van der Waals surface area contributed by atoms with Gasteiger partial charge in [0, 0.05) is 17.4 Å². The third kappa shape index (κ3) is 3.57. The number of sulfonamides is 1. The number of benzene rings is 1. The smallest absolute Gasteiger partial charge is 0.330 e. The fourth-order valence-electron chi connectivity index (χ4n) is 2.45. The standard InChI is InChI=1S/C15H18N2O5S2/c18-13(16-15(14(19)20)7-8-23-9-15)10-1-5-12(6-2-10)24(21,22)17-11-3-4-11/h1-2,5-6,11,17H,3-4,7-9H2,(H,16,18)(H,19,20). The minimum atomic E-state index is -3.57. The highest BCUT2D eigenvalue weighted by Gasteiger charge is 2.43. The summed E-state index contributed by atoms with van der Waals surface area (Å²) in [6.45, 7) is 0. The number of hydrogen-bond acceptors (Lipinski definition) is 5. The zero-order valence-electron chi connectivity index (χ0n) is 12.8. The van der Waals surface area contributed by atoms with Gasteiger partial charge < -0.3 is 10.4 Å². The van der Waals surface area contributed by atoms with Crippen LogP contribution >= 0.6 is 11.8 Å². The molecule has 0 bridgehead atoms. The van der Waals surface area contributed by atoms with E-state index in [0.29, 0.717) is 17.9 Å². The highest BCUT2D eigenvalue weighted by Crippen LogP contribution is 2.29. The van der Waals surface area contributed by atoms with Crippen LogP contribution in [0.4, 0.5) is 0 Å². The quantitative estimate of drug-likeness (QED) is 0.683. The van der Waals surface area contributed by atoms with Gasteiger partial charge in [0.1, 0.15) is 5.54 Å². The van der Waals surface area contributed by atoms with Gasteiger partial charge in [0.05, 0.1) is 4.90 Å². The van der Waals surface area contributed by atoms with Crippen molar-refractivity contribution in [3.05, 3.63) is 29.8 Å². The molecule has 2 fully saturated rings. The Labute approximate surface area is 144 Å². The molecule has 1 saturated heterocycles. The van der Waals surface area contributed by atoms with E-state index in [4.69, 9.17) is 0 Å². The van der Waals surface area contributed by atoms with Gasteiger partial charge in [-0.25, -0.2) is 17.9 Å². The van der Waals surface area contributed by atoms with E-state index in [1.54, 1.807) is 0 Å². The normalized spacial score (nSPS) is 23.8. The van der Waals surface area contributed by atoms with Crippen molar-refractivity contribution in [2.75, 3.05) is 11.5 Å². The Morgan fingerprint density at radius 3 is 2.38 bits per heavy atom. The first kappa shape index (κ1) is 17.2. The summed E-state index contributed by atoms with van der Waals surface area (Å²) in [7, 11) is -3.57. The number of thioether (sulfide) groups is 1. The number of aliphatic carboxylic acids is 1. The Morgan fingerprint density at radius 2 is 1.88 bits per heavy atom.